The first kappa shape index (κ1) is 18.6. The molecule has 1 heterocycles. The SMILES string of the molecule is CCNC(=NCCOc1cccc(C(C)(C)C)c1)N1CC[C@@H](O)C1. The molecule has 5 heteroatoms. The number of nitrogens with zero attached hydrogens (tertiary/aromatic N) is 2. The second-order valence-corrected chi connectivity index (χ2v) is 7.25. The maximum atomic E-state index is 9.68. The third-order valence-electron chi connectivity index (χ3n) is 4.12. The van der Waals surface area contributed by atoms with E-state index in [0.29, 0.717) is 19.7 Å². The topological polar surface area (TPSA) is 57.1 Å². The molecule has 24 heavy (non-hydrogen) atoms. The minimum atomic E-state index is -0.245. The van der Waals surface area contributed by atoms with Gasteiger partial charge in [0.1, 0.15) is 12.4 Å². The summed E-state index contributed by atoms with van der Waals surface area (Å²) in [5, 5.41) is 13.0. The monoisotopic (exact) mass is 333 g/mol. The Labute approximate surface area is 145 Å². The van der Waals surface area contributed by atoms with E-state index in [2.05, 4.69) is 55.0 Å². The summed E-state index contributed by atoms with van der Waals surface area (Å²) >= 11 is 0. The van der Waals surface area contributed by atoms with E-state index in [0.717, 1.165) is 31.2 Å². The molecule has 0 amide bonds. The molecule has 5 nitrogen and oxygen atoms in total. The van der Waals surface area contributed by atoms with E-state index in [4.69, 9.17) is 4.74 Å². The lowest BCUT2D eigenvalue weighted by Crippen LogP contribution is -2.40. The molecule has 1 fully saturated rings. The molecule has 0 aromatic heterocycles. The van der Waals surface area contributed by atoms with Crippen LogP contribution in [0.5, 0.6) is 5.75 Å². The first-order valence-corrected chi connectivity index (χ1v) is 8.85. The van der Waals surface area contributed by atoms with Gasteiger partial charge in [0, 0.05) is 19.6 Å². The highest BCUT2D eigenvalue weighted by Gasteiger charge is 2.22. The zero-order valence-corrected chi connectivity index (χ0v) is 15.4. The van der Waals surface area contributed by atoms with E-state index in [1.165, 1.54) is 5.56 Å². The van der Waals surface area contributed by atoms with Crippen LogP contribution < -0.4 is 10.1 Å². The van der Waals surface area contributed by atoms with Gasteiger partial charge in [0.2, 0.25) is 0 Å². The largest absolute Gasteiger partial charge is 0.492 e. The molecule has 1 aromatic carbocycles. The first-order valence-electron chi connectivity index (χ1n) is 8.85. The molecule has 1 aliphatic rings. The van der Waals surface area contributed by atoms with Crippen LogP contribution in [0.3, 0.4) is 0 Å². The zero-order valence-electron chi connectivity index (χ0n) is 15.4. The van der Waals surface area contributed by atoms with Crippen molar-refractivity contribution in [2.45, 2.75) is 45.6 Å². The van der Waals surface area contributed by atoms with Crippen molar-refractivity contribution in [3.63, 3.8) is 0 Å². The number of aliphatic imine (C=N–C) groups is 1. The van der Waals surface area contributed by atoms with E-state index >= 15 is 0 Å². The fourth-order valence-corrected chi connectivity index (χ4v) is 2.73. The lowest BCUT2D eigenvalue weighted by molar-refractivity contribution is 0.187. The number of hydrogen-bond donors (Lipinski definition) is 2. The Morgan fingerprint density at radius 2 is 2.21 bits per heavy atom. The molecule has 2 rings (SSSR count). The van der Waals surface area contributed by atoms with Gasteiger partial charge in [-0.05, 0) is 36.5 Å². The predicted octanol–water partition coefficient (Wildman–Crippen LogP) is 2.40. The fraction of sp³-hybridized carbons (Fsp3) is 0.632. The predicted molar refractivity (Wildman–Crippen MR) is 98.8 cm³/mol. The summed E-state index contributed by atoms with van der Waals surface area (Å²) in [6.07, 6.45) is 0.561. The van der Waals surface area contributed by atoms with Gasteiger partial charge in [0.25, 0.3) is 0 Å². The summed E-state index contributed by atoms with van der Waals surface area (Å²) in [7, 11) is 0. The fourth-order valence-electron chi connectivity index (χ4n) is 2.73. The number of nitrogens with one attached hydrogen (secondary N) is 1. The molecule has 2 N–H and O–H groups in total. The standard InChI is InChI=1S/C19H31N3O2/c1-5-20-18(22-11-9-16(23)14-22)21-10-12-24-17-8-6-7-15(13-17)19(2,3)4/h6-8,13,16,23H,5,9-12,14H2,1-4H3,(H,20,21)/t16-/m1/s1. The number of aliphatic hydroxyl groups is 1. The third-order valence-corrected chi connectivity index (χ3v) is 4.12. The Morgan fingerprint density at radius 1 is 1.42 bits per heavy atom. The van der Waals surface area contributed by atoms with Crippen molar-refractivity contribution in [3.05, 3.63) is 29.8 Å². The maximum absolute atomic E-state index is 9.68. The lowest BCUT2D eigenvalue weighted by Gasteiger charge is -2.21. The van der Waals surface area contributed by atoms with Crippen molar-refractivity contribution >= 4 is 5.96 Å². The van der Waals surface area contributed by atoms with Crippen molar-refractivity contribution in [2.75, 3.05) is 32.8 Å². The Bertz CT molecular complexity index is 552. The van der Waals surface area contributed by atoms with E-state index in [9.17, 15) is 5.11 Å². The molecule has 134 valence electrons. The van der Waals surface area contributed by atoms with Crippen molar-refractivity contribution < 1.29 is 9.84 Å². The highest BCUT2D eigenvalue weighted by molar-refractivity contribution is 5.80. The second kappa shape index (κ2) is 8.38. The number of β-amino-alcohol motifs (C(OH)–C–C–N with tert-alkyl or cyclic N) is 1. The molecule has 1 atom stereocenters. The summed E-state index contributed by atoms with van der Waals surface area (Å²) in [6.45, 7) is 12.1. The van der Waals surface area contributed by atoms with Crippen molar-refractivity contribution in [1.29, 1.82) is 0 Å². The number of aliphatic hydroxyl groups excluding tert-OH is 1. The van der Waals surface area contributed by atoms with Gasteiger partial charge in [-0.15, -0.1) is 0 Å². The number of guanidine groups is 1. The Balaban J connectivity index is 1.88. The molecule has 1 aliphatic heterocycles. The van der Waals surface area contributed by atoms with E-state index in [1.807, 2.05) is 12.1 Å². The van der Waals surface area contributed by atoms with Crippen molar-refractivity contribution in [1.82, 2.24) is 10.2 Å². The minimum absolute atomic E-state index is 0.117. The number of likely N-dealkylation sites (tertiary alicyclic amines) is 1. The summed E-state index contributed by atoms with van der Waals surface area (Å²) in [5.74, 6) is 1.75. The van der Waals surface area contributed by atoms with Gasteiger partial charge >= 0.3 is 0 Å². The van der Waals surface area contributed by atoms with Gasteiger partial charge in [-0.3, -0.25) is 0 Å². The van der Waals surface area contributed by atoms with Gasteiger partial charge in [-0.25, -0.2) is 4.99 Å². The van der Waals surface area contributed by atoms with Gasteiger partial charge in [-0.1, -0.05) is 32.9 Å². The summed E-state index contributed by atoms with van der Waals surface area (Å²) in [5.41, 5.74) is 1.38. The van der Waals surface area contributed by atoms with Crippen LogP contribution in [-0.2, 0) is 5.41 Å². The van der Waals surface area contributed by atoms with E-state index in [1.54, 1.807) is 0 Å². The van der Waals surface area contributed by atoms with Crippen LogP contribution in [0.1, 0.15) is 39.7 Å². The number of ether oxygens (including phenoxy) is 1. The van der Waals surface area contributed by atoms with Gasteiger partial charge in [0.15, 0.2) is 5.96 Å². The average molecular weight is 333 g/mol. The minimum Gasteiger partial charge on any atom is -0.492 e. The van der Waals surface area contributed by atoms with E-state index < -0.39 is 0 Å². The van der Waals surface area contributed by atoms with Gasteiger partial charge < -0.3 is 20.1 Å². The summed E-state index contributed by atoms with van der Waals surface area (Å²) < 4.78 is 5.85. The quantitative estimate of drug-likeness (QED) is 0.493. The van der Waals surface area contributed by atoms with Crippen LogP contribution in [0, 0.1) is 0 Å². The first-order chi connectivity index (χ1) is 11.4. The molecule has 0 aliphatic carbocycles. The number of rotatable bonds is 5. The van der Waals surface area contributed by atoms with Crippen LogP contribution in [0.15, 0.2) is 29.3 Å². The normalized spacial score (nSPS) is 18.8. The highest BCUT2D eigenvalue weighted by Crippen LogP contribution is 2.25. The van der Waals surface area contributed by atoms with Crippen LogP contribution >= 0.6 is 0 Å². The van der Waals surface area contributed by atoms with Crippen LogP contribution in [0.25, 0.3) is 0 Å². The van der Waals surface area contributed by atoms with E-state index in [-0.39, 0.29) is 11.5 Å². The van der Waals surface area contributed by atoms with Crippen LogP contribution in [0.2, 0.25) is 0 Å². The Morgan fingerprint density at radius 3 is 2.83 bits per heavy atom. The molecule has 1 aromatic rings. The molecular formula is C19H31N3O2. The maximum Gasteiger partial charge on any atom is 0.194 e. The van der Waals surface area contributed by atoms with Gasteiger partial charge in [-0.2, -0.15) is 0 Å². The van der Waals surface area contributed by atoms with Gasteiger partial charge in [0.05, 0.1) is 12.6 Å². The number of hydrogen-bond acceptors (Lipinski definition) is 3. The summed E-state index contributed by atoms with van der Waals surface area (Å²) in [6, 6.07) is 8.26. The molecular weight excluding hydrogens is 302 g/mol. The molecule has 0 spiro atoms. The molecule has 0 saturated carbocycles. The smallest absolute Gasteiger partial charge is 0.194 e. The zero-order chi connectivity index (χ0) is 17.6. The highest BCUT2D eigenvalue weighted by atomic mass is 16.5. The Hall–Kier alpha value is -1.75. The molecule has 1 saturated heterocycles. The molecule has 0 bridgehead atoms. The van der Waals surface area contributed by atoms with Crippen LogP contribution in [0.4, 0.5) is 0 Å². The average Bonchev–Trinajstić information content (AvgIpc) is 2.96. The Kier molecular flexibility index (Phi) is 6.49. The van der Waals surface area contributed by atoms with Crippen molar-refractivity contribution in [3.8, 4) is 5.75 Å². The lowest BCUT2D eigenvalue weighted by atomic mass is 9.87. The molecule has 0 unspecified atom stereocenters. The third kappa shape index (κ3) is 5.41. The second-order valence-electron chi connectivity index (χ2n) is 7.25. The van der Waals surface area contributed by atoms with Crippen molar-refractivity contribution in [2.24, 2.45) is 4.99 Å². The summed E-state index contributed by atoms with van der Waals surface area (Å²) in [4.78, 5) is 6.72. The number of benzene rings is 1. The van der Waals surface area contributed by atoms with Crippen LogP contribution in [-0.4, -0.2) is 54.9 Å². The molecule has 0 radical (unpaired) electrons.